The van der Waals surface area contributed by atoms with Crippen molar-refractivity contribution >= 4 is 17.7 Å². The normalized spacial score (nSPS) is 11.1. The van der Waals surface area contributed by atoms with Crippen molar-refractivity contribution in [3.05, 3.63) is 65.5 Å². The minimum atomic E-state index is -0.658. The number of anilines is 1. The van der Waals surface area contributed by atoms with E-state index >= 15 is 0 Å². The predicted molar refractivity (Wildman–Crippen MR) is 100 cm³/mol. The van der Waals surface area contributed by atoms with Gasteiger partial charge < -0.3 is 10.1 Å². The van der Waals surface area contributed by atoms with Gasteiger partial charge in [-0.25, -0.2) is 4.39 Å². The molecule has 0 unspecified atom stereocenters. The number of ether oxygens (including phenoxy) is 1. The maximum atomic E-state index is 13.6. The van der Waals surface area contributed by atoms with Gasteiger partial charge in [-0.05, 0) is 48.2 Å². The van der Waals surface area contributed by atoms with E-state index in [1.54, 1.807) is 30.3 Å². The number of halogens is 1. The Hall–Kier alpha value is -3.13. The minimum absolute atomic E-state index is 0.0348. The van der Waals surface area contributed by atoms with Crippen molar-refractivity contribution < 1.29 is 13.9 Å². The van der Waals surface area contributed by atoms with Gasteiger partial charge in [-0.2, -0.15) is 5.26 Å². The highest BCUT2D eigenvalue weighted by molar-refractivity contribution is 6.09. The van der Waals surface area contributed by atoms with E-state index in [9.17, 15) is 14.4 Å². The smallest absolute Gasteiger partial charge is 0.266 e. The van der Waals surface area contributed by atoms with Crippen molar-refractivity contribution in [2.24, 2.45) is 5.92 Å². The van der Waals surface area contributed by atoms with Crippen LogP contribution in [0.3, 0.4) is 0 Å². The van der Waals surface area contributed by atoms with Crippen molar-refractivity contribution in [2.45, 2.75) is 20.3 Å². The number of nitrogens with zero attached hydrogens (tertiary/aromatic N) is 1. The van der Waals surface area contributed by atoms with Crippen molar-refractivity contribution in [1.29, 1.82) is 5.26 Å². The summed E-state index contributed by atoms with van der Waals surface area (Å²) in [5, 5.41) is 11.6. The average Bonchev–Trinajstić information content (AvgIpc) is 2.62. The van der Waals surface area contributed by atoms with Crippen LogP contribution in [0.1, 0.15) is 25.8 Å². The summed E-state index contributed by atoms with van der Waals surface area (Å²) in [7, 11) is 0. The number of benzene rings is 2. The van der Waals surface area contributed by atoms with Crippen molar-refractivity contribution in [3.8, 4) is 11.8 Å². The van der Waals surface area contributed by atoms with E-state index in [1.165, 1.54) is 24.3 Å². The lowest BCUT2D eigenvalue weighted by Crippen LogP contribution is -2.14. The second-order valence-corrected chi connectivity index (χ2v) is 6.20. The third-order valence-corrected chi connectivity index (χ3v) is 3.64. The Kier molecular flexibility index (Phi) is 6.92. The Balaban J connectivity index is 2.04. The molecule has 26 heavy (non-hydrogen) atoms. The largest absolute Gasteiger partial charge is 0.494 e. The molecule has 0 aliphatic heterocycles. The summed E-state index contributed by atoms with van der Waals surface area (Å²) in [6, 6.07) is 14.8. The number of carbonyl (C=O) groups is 1. The number of carbonyl (C=O) groups excluding carboxylic acids is 1. The van der Waals surface area contributed by atoms with E-state index in [4.69, 9.17) is 4.74 Å². The molecule has 0 radical (unpaired) electrons. The van der Waals surface area contributed by atoms with Gasteiger partial charge in [-0.15, -0.1) is 0 Å². The summed E-state index contributed by atoms with van der Waals surface area (Å²) in [5.74, 6) is 0.0939. The van der Waals surface area contributed by atoms with Crippen LogP contribution in [-0.4, -0.2) is 12.5 Å². The maximum Gasteiger partial charge on any atom is 0.266 e. The van der Waals surface area contributed by atoms with Crippen LogP contribution in [0.5, 0.6) is 5.75 Å². The fourth-order valence-electron chi connectivity index (χ4n) is 2.14. The highest BCUT2D eigenvalue weighted by Crippen LogP contribution is 2.17. The Morgan fingerprint density at radius 2 is 1.92 bits per heavy atom. The third-order valence-electron chi connectivity index (χ3n) is 3.64. The molecule has 1 amide bonds. The molecule has 0 aromatic heterocycles. The molecule has 0 fully saturated rings. The van der Waals surface area contributed by atoms with E-state index in [0.717, 1.165) is 12.2 Å². The maximum absolute atomic E-state index is 13.6. The number of nitrogens with one attached hydrogen (secondary N) is 1. The summed E-state index contributed by atoms with van der Waals surface area (Å²) < 4.78 is 19.2. The van der Waals surface area contributed by atoms with Gasteiger partial charge in [-0.1, -0.05) is 38.1 Å². The quantitative estimate of drug-likeness (QED) is 0.575. The summed E-state index contributed by atoms with van der Waals surface area (Å²) in [6.07, 6.45) is 2.42. The average molecular weight is 352 g/mol. The second-order valence-electron chi connectivity index (χ2n) is 6.20. The SMILES string of the molecule is CC(C)CCOc1ccc(/C=C(/C#N)C(=O)Nc2ccccc2F)cc1. The zero-order valence-electron chi connectivity index (χ0n) is 14.8. The van der Waals surface area contributed by atoms with Gasteiger partial charge in [0.05, 0.1) is 12.3 Å². The van der Waals surface area contributed by atoms with Crippen LogP contribution in [0, 0.1) is 23.1 Å². The number of nitriles is 1. The molecular weight excluding hydrogens is 331 g/mol. The lowest BCUT2D eigenvalue weighted by Gasteiger charge is -2.08. The number of hydrogen-bond donors (Lipinski definition) is 1. The Labute approximate surface area is 152 Å². The molecule has 0 saturated carbocycles. The van der Waals surface area contributed by atoms with E-state index in [1.807, 2.05) is 6.07 Å². The summed E-state index contributed by atoms with van der Waals surface area (Å²) >= 11 is 0. The first kappa shape index (κ1) is 19.2. The van der Waals surface area contributed by atoms with E-state index in [2.05, 4.69) is 19.2 Å². The molecule has 1 N–H and O–H groups in total. The van der Waals surface area contributed by atoms with Gasteiger partial charge in [-0.3, -0.25) is 4.79 Å². The van der Waals surface area contributed by atoms with Crippen molar-refractivity contribution in [2.75, 3.05) is 11.9 Å². The van der Waals surface area contributed by atoms with E-state index < -0.39 is 11.7 Å². The molecule has 0 bridgehead atoms. The van der Waals surface area contributed by atoms with Crippen molar-refractivity contribution in [3.63, 3.8) is 0 Å². The van der Waals surface area contributed by atoms with Crippen LogP contribution in [-0.2, 0) is 4.79 Å². The summed E-state index contributed by atoms with van der Waals surface area (Å²) in [4.78, 5) is 12.2. The number of amides is 1. The van der Waals surface area contributed by atoms with Crippen LogP contribution in [0.4, 0.5) is 10.1 Å². The van der Waals surface area contributed by atoms with Crippen molar-refractivity contribution in [1.82, 2.24) is 0 Å². The summed E-state index contributed by atoms with van der Waals surface area (Å²) in [6.45, 7) is 4.90. The van der Waals surface area contributed by atoms with Crippen LogP contribution in [0.15, 0.2) is 54.1 Å². The fraction of sp³-hybridized carbons (Fsp3) is 0.238. The molecule has 0 aliphatic rings. The zero-order chi connectivity index (χ0) is 18.9. The van der Waals surface area contributed by atoms with Gasteiger partial charge in [0, 0.05) is 0 Å². The lowest BCUT2D eigenvalue weighted by molar-refractivity contribution is -0.112. The first-order valence-electron chi connectivity index (χ1n) is 8.40. The Morgan fingerprint density at radius 3 is 2.54 bits per heavy atom. The number of rotatable bonds is 7. The first-order valence-corrected chi connectivity index (χ1v) is 8.40. The van der Waals surface area contributed by atoms with Crippen LogP contribution < -0.4 is 10.1 Å². The lowest BCUT2D eigenvalue weighted by atomic mass is 10.1. The monoisotopic (exact) mass is 352 g/mol. The van der Waals surface area contributed by atoms with Gasteiger partial charge >= 0.3 is 0 Å². The van der Waals surface area contributed by atoms with Gasteiger partial charge in [0.1, 0.15) is 23.2 Å². The topological polar surface area (TPSA) is 62.1 Å². The molecule has 0 spiro atoms. The highest BCUT2D eigenvalue weighted by Gasteiger charge is 2.11. The fourth-order valence-corrected chi connectivity index (χ4v) is 2.14. The molecule has 5 heteroatoms. The molecule has 0 aliphatic carbocycles. The Morgan fingerprint density at radius 1 is 1.23 bits per heavy atom. The number of hydrogen-bond acceptors (Lipinski definition) is 3. The summed E-state index contributed by atoms with van der Waals surface area (Å²) in [5.41, 5.74) is 0.607. The predicted octanol–water partition coefficient (Wildman–Crippen LogP) is 4.80. The molecule has 0 heterocycles. The van der Waals surface area contributed by atoms with Gasteiger partial charge in [0.2, 0.25) is 0 Å². The van der Waals surface area contributed by atoms with Crippen LogP contribution in [0.2, 0.25) is 0 Å². The minimum Gasteiger partial charge on any atom is -0.494 e. The molecule has 2 aromatic carbocycles. The molecule has 4 nitrogen and oxygen atoms in total. The first-order chi connectivity index (χ1) is 12.5. The molecule has 134 valence electrons. The van der Waals surface area contributed by atoms with Crippen LogP contribution in [0.25, 0.3) is 6.08 Å². The Bertz CT molecular complexity index is 821. The van der Waals surface area contributed by atoms with Gasteiger partial charge in [0.15, 0.2) is 0 Å². The third kappa shape index (κ3) is 5.75. The highest BCUT2D eigenvalue weighted by atomic mass is 19.1. The molecule has 0 atom stereocenters. The van der Waals surface area contributed by atoms with E-state index in [0.29, 0.717) is 18.1 Å². The molecule has 0 saturated heterocycles. The van der Waals surface area contributed by atoms with Crippen LogP contribution >= 0.6 is 0 Å². The molecular formula is C21H21FN2O2. The number of para-hydroxylation sites is 1. The standard InChI is InChI=1S/C21H21FN2O2/c1-15(2)11-12-26-18-9-7-16(8-10-18)13-17(14-23)21(25)24-20-6-4-3-5-19(20)22/h3-10,13,15H,11-12H2,1-2H3,(H,24,25)/b17-13-. The van der Waals surface area contributed by atoms with E-state index in [-0.39, 0.29) is 11.3 Å². The zero-order valence-corrected chi connectivity index (χ0v) is 14.8. The molecule has 2 aromatic rings. The second kappa shape index (κ2) is 9.38. The molecule has 2 rings (SSSR count). The van der Waals surface area contributed by atoms with Gasteiger partial charge in [0.25, 0.3) is 5.91 Å².